The molecule has 0 spiro atoms. The van der Waals surface area contributed by atoms with Crippen LogP contribution < -0.4 is 15.0 Å². The molecule has 3 heterocycles. The number of nitrogens with one attached hydrogen (secondary N) is 1. The Morgan fingerprint density at radius 1 is 1.25 bits per heavy atom. The van der Waals surface area contributed by atoms with E-state index >= 15 is 0 Å². The van der Waals surface area contributed by atoms with Crippen LogP contribution in [0.3, 0.4) is 0 Å². The minimum Gasteiger partial charge on any atom is -0.492 e. The molecule has 0 atom stereocenters. The van der Waals surface area contributed by atoms with E-state index in [4.69, 9.17) is 9.47 Å². The lowest BCUT2D eigenvalue weighted by molar-refractivity contribution is -0.116. The quantitative estimate of drug-likeness (QED) is 0.693. The van der Waals surface area contributed by atoms with Crippen molar-refractivity contribution in [3.05, 3.63) is 36.8 Å². The van der Waals surface area contributed by atoms with Gasteiger partial charge in [-0.25, -0.2) is 14.6 Å². The molecule has 0 aliphatic carbocycles. The summed E-state index contributed by atoms with van der Waals surface area (Å²) >= 11 is 0. The molecule has 1 N–H and O–H groups in total. The molecule has 0 bridgehead atoms. The van der Waals surface area contributed by atoms with E-state index in [1.54, 1.807) is 10.9 Å². The Labute approximate surface area is 162 Å². The van der Waals surface area contributed by atoms with Crippen LogP contribution in [-0.2, 0) is 16.1 Å². The average Bonchev–Trinajstić information content (AvgIpc) is 3.13. The molecule has 28 heavy (non-hydrogen) atoms. The first kappa shape index (κ1) is 18.2. The monoisotopic (exact) mass is 382 g/mol. The van der Waals surface area contributed by atoms with Crippen LogP contribution in [0.5, 0.6) is 5.75 Å². The molecule has 146 valence electrons. The third-order valence-electron chi connectivity index (χ3n) is 4.48. The molecule has 1 aromatic carbocycles. The van der Waals surface area contributed by atoms with Crippen molar-refractivity contribution < 1.29 is 14.3 Å². The molecule has 3 aromatic rings. The van der Waals surface area contributed by atoms with Crippen LogP contribution in [0.4, 0.5) is 11.5 Å². The number of benzene rings is 1. The molecule has 0 radical (unpaired) electrons. The Kier molecular flexibility index (Phi) is 5.34. The van der Waals surface area contributed by atoms with Gasteiger partial charge in [0.2, 0.25) is 5.91 Å². The maximum atomic E-state index is 12.6. The Hall–Kier alpha value is -3.20. The van der Waals surface area contributed by atoms with Crippen LogP contribution in [-0.4, -0.2) is 58.6 Å². The number of aromatic nitrogens is 4. The van der Waals surface area contributed by atoms with E-state index in [1.165, 1.54) is 6.33 Å². The van der Waals surface area contributed by atoms with E-state index in [2.05, 4.69) is 25.3 Å². The number of hydrogen-bond donors (Lipinski definition) is 1. The van der Waals surface area contributed by atoms with Gasteiger partial charge in [-0.1, -0.05) is 12.1 Å². The van der Waals surface area contributed by atoms with Crippen molar-refractivity contribution in [2.45, 2.75) is 13.5 Å². The van der Waals surface area contributed by atoms with Crippen molar-refractivity contribution in [2.24, 2.45) is 0 Å². The predicted molar refractivity (Wildman–Crippen MR) is 105 cm³/mol. The number of carbonyl (C=O) groups excluding carboxylic acids is 1. The lowest BCUT2D eigenvalue weighted by atomic mass is 10.3. The lowest BCUT2D eigenvalue weighted by Gasteiger charge is -2.27. The smallest absolute Gasteiger partial charge is 0.246 e. The summed E-state index contributed by atoms with van der Waals surface area (Å²) in [5, 5.41) is 8.06. The summed E-state index contributed by atoms with van der Waals surface area (Å²) in [6.45, 7) is 5.35. The maximum Gasteiger partial charge on any atom is 0.246 e. The molecule has 1 aliphatic heterocycles. The van der Waals surface area contributed by atoms with E-state index < -0.39 is 0 Å². The second-order valence-electron chi connectivity index (χ2n) is 6.31. The zero-order chi connectivity index (χ0) is 19.3. The van der Waals surface area contributed by atoms with E-state index in [0.717, 1.165) is 24.3 Å². The van der Waals surface area contributed by atoms with Gasteiger partial charge >= 0.3 is 0 Å². The van der Waals surface area contributed by atoms with Crippen LogP contribution in [0.25, 0.3) is 11.0 Å². The second-order valence-corrected chi connectivity index (χ2v) is 6.31. The topological polar surface area (TPSA) is 94.4 Å². The van der Waals surface area contributed by atoms with Gasteiger partial charge < -0.3 is 19.7 Å². The molecular formula is C19H22N6O3. The Morgan fingerprint density at radius 2 is 2.07 bits per heavy atom. The molecule has 0 saturated carbocycles. The van der Waals surface area contributed by atoms with Gasteiger partial charge in [0.1, 0.15) is 24.4 Å². The first-order valence-corrected chi connectivity index (χ1v) is 9.27. The highest BCUT2D eigenvalue weighted by atomic mass is 16.5. The van der Waals surface area contributed by atoms with Crippen molar-refractivity contribution in [2.75, 3.05) is 43.1 Å². The molecule has 9 nitrogen and oxygen atoms in total. The molecular weight excluding hydrogens is 360 g/mol. The zero-order valence-corrected chi connectivity index (χ0v) is 15.7. The minimum atomic E-state index is -0.205. The lowest BCUT2D eigenvalue weighted by Crippen LogP contribution is -2.36. The SMILES string of the molecule is CCOc1ccccc1NC(=O)Cn1ncc2c(N3CCOCC3)ncnc21. The number of amides is 1. The summed E-state index contributed by atoms with van der Waals surface area (Å²) in [4.78, 5) is 23.5. The highest BCUT2D eigenvalue weighted by Crippen LogP contribution is 2.25. The normalized spacial score (nSPS) is 14.2. The summed E-state index contributed by atoms with van der Waals surface area (Å²) in [6, 6.07) is 7.35. The fourth-order valence-corrected chi connectivity index (χ4v) is 3.20. The van der Waals surface area contributed by atoms with Crippen LogP contribution in [0, 0.1) is 0 Å². The third-order valence-corrected chi connectivity index (χ3v) is 4.48. The molecule has 4 rings (SSSR count). The van der Waals surface area contributed by atoms with Gasteiger partial charge in [-0.3, -0.25) is 4.79 Å². The Morgan fingerprint density at radius 3 is 2.89 bits per heavy atom. The molecule has 0 unspecified atom stereocenters. The molecule has 1 amide bonds. The molecule has 1 saturated heterocycles. The number of anilines is 2. The molecule has 1 aliphatic rings. The van der Waals surface area contributed by atoms with Crippen LogP contribution in [0.1, 0.15) is 6.92 Å². The highest BCUT2D eigenvalue weighted by molar-refractivity contribution is 5.93. The maximum absolute atomic E-state index is 12.6. The van der Waals surface area contributed by atoms with Gasteiger partial charge in [0.15, 0.2) is 5.65 Å². The first-order valence-electron chi connectivity index (χ1n) is 9.27. The summed E-state index contributed by atoms with van der Waals surface area (Å²) < 4.78 is 12.5. The minimum absolute atomic E-state index is 0.0452. The van der Waals surface area contributed by atoms with Crippen molar-refractivity contribution in [1.82, 2.24) is 19.7 Å². The highest BCUT2D eigenvalue weighted by Gasteiger charge is 2.19. The Bertz CT molecular complexity index is 967. The van der Waals surface area contributed by atoms with Gasteiger partial charge in [0, 0.05) is 13.1 Å². The summed E-state index contributed by atoms with van der Waals surface area (Å²) in [5.41, 5.74) is 1.26. The molecule has 1 fully saturated rings. The summed E-state index contributed by atoms with van der Waals surface area (Å²) in [5.74, 6) is 1.26. The third kappa shape index (κ3) is 3.74. The number of nitrogens with zero attached hydrogens (tertiary/aromatic N) is 5. The summed E-state index contributed by atoms with van der Waals surface area (Å²) in [7, 11) is 0. The number of hydrogen-bond acceptors (Lipinski definition) is 7. The second kappa shape index (κ2) is 8.22. The number of carbonyl (C=O) groups is 1. The van der Waals surface area contributed by atoms with E-state index in [0.29, 0.717) is 36.9 Å². The van der Waals surface area contributed by atoms with Gasteiger partial charge in [0.05, 0.1) is 37.1 Å². The molecule has 9 heteroatoms. The average molecular weight is 382 g/mol. The fourth-order valence-electron chi connectivity index (χ4n) is 3.20. The fraction of sp³-hybridized carbons (Fsp3) is 0.368. The largest absolute Gasteiger partial charge is 0.492 e. The van der Waals surface area contributed by atoms with Gasteiger partial charge in [-0.15, -0.1) is 0 Å². The van der Waals surface area contributed by atoms with Gasteiger partial charge in [0.25, 0.3) is 0 Å². The summed E-state index contributed by atoms with van der Waals surface area (Å²) in [6.07, 6.45) is 3.22. The van der Waals surface area contributed by atoms with Gasteiger partial charge in [-0.2, -0.15) is 5.10 Å². The first-order chi connectivity index (χ1) is 13.8. The zero-order valence-electron chi connectivity index (χ0n) is 15.7. The van der Waals surface area contributed by atoms with Crippen molar-refractivity contribution in [3.8, 4) is 5.75 Å². The van der Waals surface area contributed by atoms with Crippen LogP contribution in [0.2, 0.25) is 0 Å². The number of ether oxygens (including phenoxy) is 2. The number of fused-ring (bicyclic) bond motifs is 1. The van der Waals surface area contributed by atoms with Crippen LogP contribution in [0.15, 0.2) is 36.8 Å². The standard InChI is InChI=1S/C19H22N6O3/c1-2-28-16-6-4-3-5-15(16)23-17(26)12-25-19-14(11-22-25)18(20-13-21-19)24-7-9-27-10-8-24/h3-6,11,13H,2,7-10,12H2,1H3,(H,23,26). The van der Waals surface area contributed by atoms with Gasteiger partial charge in [-0.05, 0) is 19.1 Å². The van der Waals surface area contributed by atoms with Crippen LogP contribution >= 0.6 is 0 Å². The van der Waals surface area contributed by atoms with Crippen molar-refractivity contribution in [1.29, 1.82) is 0 Å². The number of para-hydroxylation sites is 2. The van der Waals surface area contributed by atoms with E-state index in [9.17, 15) is 4.79 Å². The molecule has 2 aromatic heterocycles. The van der Waals surface area contributed by atoms with E-state index in [-0.39, 0.29) is 12.5 Å². The predicted octanol–water partition coefficient (Wildman–Crippen LogP) is 1.70. The number of morpholine rings is 1. The number of rotatable bonds is 6. The Balaban J connectivity index is 1.53. The van der Waals surface area contributed by atoms with E-state index in [1.807, 2.05) is 31.2 Å². The van der Waals surface area contributed by atoms with Crippen molar-refractivity contribution >= 4 is 28.4 Å². The van der Waals surface area contributed by atoms with Crippen molar-refractivity contribution in [3.63, 3.8) is 0 Å².